The van der Waals surface area contributed by atoms with E-state index in [1.54, 1.807) is 13.8 Å². The monoisotopic (exact) mass is 296 g/mol. The Morgan fingerprint density at radius 3 is 1.76 bits per heavy atom. The number of carbonyl (C=O) groups excluding carboxylic acids is 2. The molecule has 0 atom stereocenters. The van der Waals surface area contributed by atoms with Gasteiger partial charge in [0.1, 0.15) is 0 Å². The van der Waals surface area contributed by atoms with Crippen molar-refractivity contribution < 1.29 is 19.1 Å². The van der Waals surface area contributed by atoms with E-state index < -0.39 is 11.9 Å². The van der Waals surface area contributed by atoms with Crippen molar-refractivity contribution in [3.63, 3.8) is 0 Å². The van der Waals surface area contributed by atoms with Gasteiger partial charge in [0.05, 0.1) is 13.2 Å². The fourth-order valence-corrected chi connectivity index (χ4v) is 1.71. The maximum absolute atomic E-state index is 11.4. The van der Waals surface area contributed by atoms with Crippen LogP contribution in [0.25, 0.3) is 0 Å². The smallest absolute Gasteiger partial charge is 0.333 e. The molecule has 0 saturated carbocycles. The molecule has 120 valence electrons. The summed E-state index contributed by atoms with van der Waals surface area (Å²) >= 11 is 0. The zero-order chi connectivity index (χ0) is 16.3. The predicted molar refractivity (Wildman–Crippen MR) is 83.8 cm³/mol. The molecular formula is C17H28O4. The SMILES string of the molecule is C=C(C)C(=O)OCC(CCCCCC)COC(=O)C(=C)C. The quantitative estimate of drug-likeness (QED) is 0.330. The first-order valence-corrected chi connectivity index (χ1v) is 7.53. The lowest BCUT2D eigenvalue weighted by Crippen LogP contribution is -2.21. The van der Waals surface area contributed by atoms with Crippen LogP contribution in [0.2, 0.25) is 0 Å². The van der Waals surface area contributed by atoms with Crippen molar-refractivity contribution in [1.82, 2.24) is 0 Å². The summed E-state index contributed by atoms with van der Waals surface area (Å²) in [6.07, 6.45) is 5.39. The van der Waals surface area contributed by atoms with Gasteiger partial charge in [-0.1, -0.05) is 45.8 Å². The standard InChI is InChI=1S/C17H28O4/c1-6-7-8-9-10-15(11-20-16(18)13(2)3)12-21-17(19)14(4)5/h15H,2,4,6-12H2,1,3,5H3. The predicted octanol–water partition coefficient (Wildman–Crippen LogP) is 3.81. The van der Waals surface area contributed by atoms with E-state index in [1.165, 1.54) is 12.8 Å². The van der Waals surface area contributed by atoms with E-state index in [9.17, 15) is 9.59 Å². The normalized spacial score (nSPS) is 10.3. The summed E-state index contributed by atoms with van der Waals surface area (Å²) in [6.45, 7) is 13.0. The summed E-state index contributed by atoms with van der Waals surface area (Å²) in [5.41, 5.74) is 0.748. The number of carbonyl (C=O) groups is 2. The first-order valence-electron chi connectivity index (χ1n) is 7.53. The van der Waals surface area contributed by atoms with Gasteiger partial charge in [0.25, 0.3) is 0 Å². The van der Waals surface area contributed by atoms with E-state index in [2.05, 4.69) is 20.1 Å². The van der Waals surface area contributed by atoms with E-state index in [-0.39, 0.29) is 19.1 Å². The molecule has 4 heteroatoms. The highest BCUT2D eigenvalue weighted by Gasteiger charge is 2.15. The highest BCUT2D eigenvalue weighted by Crippen LogP contribution is 2.13. The highest BCUT2D eigenvalue weighted by molar-refractivity contribution is 5.87. The lowest BCUT2D eigenvalue weighted by Gasteiger charge is -2.17. The van der Waals surface area contributed by atoms with Crippen molar-refractivity contribution in [2.45, 2.75) is 52.9 Å². The molecule has 4 nitrogen and oxygen atoms in total. The van der Waals surface area contributed by atoms with Gasteiger partial charge in [-0.25, -0.2) is 9.59 Å². The van der Waals surface area contributed by atoms with Crippen LogP contribution in [-0.4, -0.2) is 25.2 Å². The van der Waals surface area contributed by atoms with Gasteiger partial charge in [0.15, 0.2) is 0 Å². The molecule has 0 fully saturated rings. The first kappa shape index (κ1) is 19.4. The molecule has 0 rings (SSSR count). The zero-order valence-electron chi connectivity index (χ0n) is 13.6. The van der Waals surface area contributed by atoms with Crippen LogP contribution in [0.1, 0.15) is 52.9 Å². The molecule has 0 aromatic rings. The van der Waals surface area contributed by atoms with Crippen molar-refractivity contribution in [3.05, 3.63) is 24.3 Å². The molecule has 0 amide bonds. The lowest BCUT2D eigenvalue weighted by atomic mass is 10.0. The largest absolute Gasteiger partial charge is 0.462 e. The van der Waals surface area contributed by atoms with Gasteiger partial charge >= 0.3 is 11.9 Å². The van der Waals surface area contributed by atoms with Gasteiger partial charge in [-0.15, -0.1) is 0 Å². The van der Waals surface area contributed by atoms with Crippen molar-refractivity contribution in [2.24, 2.45) is 5.92 Å². The Kier molecular flexibility index (Phi) is 10.3. The van der Waals surface area contributed by atoms with Crippen LogP contribution in [0.5, 0.6) is 0 Å². The second-order valence-corrected chi connectivity index (χ2v) is 5.47. The Morgan fingerprint density at radius 2 is 1.38 bits per heavy atom. The maximum atomic E-state index is 11.4. The molecule has 0 saturated heterocycles. The second-order valence-electron chi connectivity index (χ2n) is 5.47. The Hall–Kier alpha value is -1.58. The Morgan fingerprint density at radius 1 is 0.905 bits per heavy atom. The van der Waals surface area contributed by atoms with Crippen molar-refractivity contribution >= 4 is 11.9 Å². The Balaban J connectivity index is 4.25. The Bertz CT molecular complexity index is 341. The minimum atomic E-state index is -0.403. The van der Waals surface area contributed by atoms with E-state index in [0.717, 1.165) is 19.3 Å². The van der Waals surface area contributed by atoms with Gasteiger partial charge in [-0.3, -0.25) is 0 Å². The van der Waals surface area contributed by atoms with Crippen LogP contribution in [0.15, 0.2) is 24.3 Å². The Labute approximate surface area is 128 Å². The van der Waals surface area contributed by atoms with Crippen LogP contribution in [-0.2, 0) is 19.1 Å². The van der Waals surface area contributed by atoms with Crippen molar-refractivity contribution in [3.8, 4) is 0 Å². The molecule has 0 bridgehead atoms. The number of esters is 2. The molecular weight excluding hydrogens is 268 g/mol. The molecule has 0 aliphatic heterocycles. The number of unbranched alkanes of at least 4 members (excludes halogenated alkanes) is 3. The van der Waals surface area contributed by atoms with Gasteiger partial charge in [0, 0.05) is 17.1 Å². The fraction of sp³-hybridized carbons (Fsp3) is 0.647. The van der Waals surface area contributed by atoms with Crippen LogP contribution in [0.3, 0.4) is 0 Å². The summed E-state index contributed by atoms with van der Waals surface area (Å²) in [4.78, 5) is 22.9. The topological polar surface area (TPSA) is 52.6 Å². The minimum absolute atomic E-state index is 0.0217. The molecule has 0 heterocycles. The minimum Gasteiger partial charge on any atom is -0.462 e. The number of ether oxygens (including phenoxy) is 2. The third-order valence-electron chi connectivity index (χ3n) is 3.06. The third kappa shape index (κ3) is 9.88. The van der Waals surface area contributed by atoms with Crippen LogP contribution in [0, 0.1) is 5.92 Å². The van der Waals surface area contributed by atoms with Gasteiger partial charge in [0.2, 0.25) is 0 Å². The second kappa shape index (κ2) is 11.1. The van der Waals surface area contributed by atoms with Gasteiger partial charge < -0.3 is 9.47 Å². The fourth-order valence-electron chi connectivity index (χ4n) is 1.71. The van der Waals surface area contributed by atoms with Gasteiger partial charge in [-0.05, 0) is 20.3 Å². The summed E-state index contributed by atoms with van der Waals surface area (Å²) in [7, 11) is 0. The third-order valence-corrected chi connectivity index (χ3v) is 3.06. The molecule has 0 aromatic heterocycles. The maximum Gasteiger partial charge on any atom is 0.333 e. The van der Waals surface area contributed by atoms with E-state index in [4.69, 9.17) is 9.47 Å². The zero-order valence-corrected chi connectivity index (χ0v) is 13.6. The number of hydrogen-bond acceptors (Lipinski definition) is 4. The average Bonchev–Trinajstić information content (AvgIpc) is 2.44. The van der Waals surface area contributed by atoms with Crippen LogP contribution < -0.4 is 0 Å². The van der Waals surface area contributed by atoms with Crippen molar-refractivity contribution in [2.75, 3.05) is 13.2 Å². The summed E-state index contributed by atoms with van der Waals surface area (Å²) in [5.74, 6) is -0.784. The molecule has 0 radical (unpaired) electrons. The first-order chi connectivity index (χ1) is 9.88. The van der Waals surface area contributed by atoms with Crippen molar-refractivity contribution in [1.29, 1.82) is 0 Å². The summed E-state index contributed by atoms with van der Waals surface area (Å²) in [6, 6.07) is 0. The molecule has 0 unspecified atom stereocenters. The molecule has 0 aliphatic rings. The van der Waals surface area contributed by atoms with E-state index in [1.807, 2.05) is 0 Å². The highest BCUT2D eigenvalue weighted by atomic mass is 16.5. The van der Waals surface area contributed by atoms with Crippen LogP contribution in [0.4, 0.5) is 0 Å². The average molecular weight is 296 g/mol. The van der Waals surface area contributed by atoms with E-state index in [0.29, 0.717) is 11.1 Å². The number of rotatable bonds is 11. The molecule has 0 aliphatic carbocycles. The van der Waals surface area contributed by atoms with Crippen LogP contribution >= 0.6 is 0 Å². The molecule has 21 heavy (non-hydrogen) atoms. The number of hydrogen-bond donors (Lipinski definition) is 0. The van der Waals surface area contributed by atoms with Gasteiger partial charge in [-0.2, -0.15) is 0 Å². The lowest BCUT2D eigenvalue weighted by molar-refractivity contribution is -0.144. The summed E-state index contributed by atoms with van der Waals surface area (Å²) < 4.78 is 10.3. The summed E-state index contributed by atoms with van der Waals surface area (Å²) in [5, 5.41) is 0. The molecule has 0 spiro atoms. The van der Waals surface area contributed by atoms with E-state index >= 15 is 0 Å². The molecule has 0 N–H and O–H groups in total. The molecule has 0 aromatic carbocycles.